The van der Waals surface area contributed by atoms with Gasteiger partial charge < -0.3 is 15.8 Å². The number of benzene rings is 1. The van der Waals surface area contributed by atoms with Crippen LogP contribution in [0.25, 0.3) is 0 Å². The molecular weight excluding hydrogens is 245 g/mol. The number of hydrogen-bond donors (Lipinski definition) is 2. The Bertz CT molecular complexity index is 546. The van der Waals surface area contributed by atoms with Gasteiger partial charge in [0.25, 0.3) is 0 Å². The fourth-order valence-electron chi connectivity index (χ4n) is 1.75. The number of nitrogens with zero attached hydrogens (tertiary/aromatic N) is 1. The zero-order valence-electron chi connectivity index (χ0n) is 10.7. The molecule has 0 aliphatic heterocycles. The number of hydrogen-bond acceptors (Lipinski definition) is 4. The van der Waals surface area contributed by atoms with E-state index in [1.54, 1.807) is 12.3 Å². The Morgan fingerprint density at radius 2 is 2.21 bits per heavy atom. The summed E-state index contributed by atoms with van der Waals surface area (Å²) in [7, 11) is 1.50. The van der Waals surface area contributed by atoms with Gasteiger partial charge in [-0.05, 0) is 12.1 Å². The maximum Gasteiger partial charge on any atom is 0.148 e. The molecule has 0 radical (unpaired) electrons. The van der Waals surface area contributed by atoms with Crippen LogP contribution in [0.5, 0.6) is 5.75 Å². The standard InChI is InChI=1S/C14H16FN3O/c1-19-14-9-13(11(15)8-12(14)16)18-7-5-10-4-2-3-6-17-10/h2-4,6,8-9,18H,5,7,16H2,1H3. The highest BCUT2D eigenvalue weighted by atomic mass is 19.1. The third-order valence-corrected chi connectivity index (χ3v) is 2.74. The molecule has 3 N–H and O–H groups in total. The van der Waals surface area contributed by atoms with E-state index in [4.69, 9.17) is 10.5 Å². The van der Waals surface area contributed by atoms with Crippen LogP contribution in [-0.4, -0.2) is 18.6 Å². The van der Waals surface area contributed by atoms with Crippen molar-refractivity contribution < 1.29 is 9.13 Å². The molecule has 1 aromatic heterocycles. The van der Waals surface area contributed by atoms with Crippen LogP contribution >= 0.6 is 0 Å². The lowest BCUT2D eigenvalue weighted by Crippen LogP contribution is -2.08. The van der Waals surface area contributed by atoms with Crippen LogP contribution in [0.1, 0.15) is 5.69 Å². The number of nitrogens with one attached hydrogen (secondary N) is 1. The molecule has 0 atom stereocenters. The zero-order chi connectivity index (χ0) is 13.7. The summed E-state index contributed by atoms with van der Waals surface area (Å²) < 4.78 is 18.7. The Hall–Kier alpha value is -2.30. The molecule has 0 spiro atoms. The summed E-state index contributed by atoms with van der Waals surface area (Å²) >= 11 is 0. The minimum atomic E-state index is -0.390. The van der Waals surface area contributed by atoms with Crippen LogP contribution in [-0.2, 0) is 6.42 Å². The van der Waals surface area contributed by atoms with Crippen molar-refractivity contribution in [1.29, 1.82) is 0 Å². The number of aromatic nitrogens is 1. The maximum atomic E-state index is 13.7. The van der Waals surface area contributed by atoms with E-state index < -0.39 is 0 Å². The molecule has 2 rings (SSSR count). The number of ether oxygens (including phenoxy) is 1. The summed E-state index contributed by atoms with van der Waals surface area (Å²) in [5.74, 6) is 0.0704. The lowest BCUT2D eigenvalue weighted by atomic mass is 10.2. The summed E-state index contributed by atoms with van der Waals surface area (Å²) in [4.78, 5) is 4.20. The highest BCUT2D eigenvalue weighted by Crippen LogP contribution is 2.28. The van der Waals surface area contributed by atoms with Gasteiger partial charge in [-0.1, -0.05) is 6.07 Å². The first-order chi connectivity index (χ1) is 9.20. The van der Waals surface area contributed by atoms with E-state index in [0.717, 1.165) is 5.69 Å². The lowest BCUT2D eigenvalue weighted by molar-refractivity contribution is 0.416. The van der Waals surface area contributed by atoms with Crippen molar-refractivity contribution >= 4 is 11.4 Å². The van der Waals surface area contributed by atoms with Crippen LogP contribution < -0.4 is 15.8 Å². The lowest BCUT2D eigenvalue weighted by Gasteiger charge is -2.11. The van der Waals surface area contributed by atoms with Gasteiger partial charge in [0, 0.05) is 37.0 Å². The van der Waals surface area contributed by atoms with E-state index in [0.29, 0.717) is 24.4 Å². The summed E-state index contributed by atoms with van der Waals surface area (Å²) in [6.07, 6.45) is 2.45. The molecule has 1 aromatic carbocycles. The molecule has 0 saturated carbocycles. The highest BCUT2D eigenvalue weighted by Gasteiger charge is 2.07. The van der Waals surface area contributed by atoms with Crippen LogP contribution in [0.15, 0.2) is 36.5 Å². The van der Waals surface area contributed by atoms with Crippen LogP contribution in [0.2, 0.25) is 0 Å². The summed E-state index contributed by atoms with van der Waals surface area (Å²) in [5, 5.41) is 3.01. The first-order valence-electron chi connectivity index (χ1n) is 5.97. The van der Waals surface area contributed by atoms with E-state index in [9.17, 15) is 4.39 Å². The molecule has 0 fully saturated rings. The van der Waals surface area contributed by atoms with E-state index in [2.05, 4.69) is 10.3 Å². The smallest absolute Gasteiger partial charge is 0.148 e. The fraction of sp³-hybridized carbons (Fsp3) is 0.214. The van der Waals surface area contributed by atoms with Gasteiger partial charge in [0.2, 0.25) is 0 Å². The molecule has 0 aliphatic carbocycles. The van der Waals surface area contributed by atoms with Crippen LogP contribution in [0.4, 0.5) is 15.8 Å². The predicted octanol–water partition coefficient (Wildman–Crippen LogP) is 2.47. The molecule has 4 nitrogen and oxygen atoms in total. The maximum absolute atomic E-state index is 13.7. The van der Waals surface area contributed by atoms with Crippen LogP contribution in [0, 0.1) is 5.82 Å². The third-order valence-electron chi connectivity index (χ3n) is 2.74. The SMILES string of the molecule is COc1cc(NCCc2ccccn2)c(F)cc1N. The molecular formula is C14H16FN3O. The number of anilines is 2. The van der Waals surface area contributed by atoms with Gasteiger partial charge in [-0.2, -0.15) is 0 Å². The molecule has 19 heavy (non-hydrogen) atoms. The van der Waals surface area contributed by atoms with Gasteiger partial charge in [-0.3, -0.25) is 4.98 Å². The first kappa shape index (κ1) is 13.1. The van der Waals surface area contributed by atoms with Crippen molar-refractivity contribution in [3.8, 4) is 5.75 Å². The second-order valence-electron chi connectivity index (χ2n) is 4.07. The number of pyridine rings is 1. The Morgan fingerprint density at radius 1 is 1.37 bits per heavy atom. The normalized spacial score (nSPS) is 10.2. The summed E-state index contributed by atoms with van der Waals surface area (Å²) in [6.45, 7) is 0.584. The number of halogens is 1. The number of nitrogens with two attached hydrogens (primary N) is 1. The molecule has 0 bridgehead atoms. The average molecular weight is 261 g/mol. The van der Waals surface area contributed by atoms with Gasteiger partial charge in [-0.15, -0.1) is 0 Å². The zero-order valence-corrected chi connectivity index (χ0v) is 10.7. The molecule has 2 aromatic rings. The van der Waals surface area contributed by atoms with E-state index in [-0.39, 0.29) is 11.5 Å². The largest absolute Gasteiger partial charge is 0.495 e. The van der Waals surface area contributed by atoms with Crippen molar-refractivity contribution in [1.82, 2.24) is 4.98 Å². The highest BCUT2D eigenvalue weighted by molar-refractivity contribution is 5.62. The Kier molecular flexibility index (Phi) is 4.18. The topological polar surface area (TPSA) is 60.2 Å². The van der Waals surface area contributed by atoms with Gasteiger partial charge in [0.05, 0.1) is 18.5 Å². The Balaban J connectivity index is 2.00. The predicted molar refractivity (Wildman–Crippen MR) is 73.8 cm³/mol. The molecule has 0 unspecified atom stereocenters. The van der Waals surface area contributed by atoms with Crippen molar-refractivity contribution in [2.24, 2.45) is 0 Å². The van der Waals surface area contributed by atoms with Gasteiger partial charge in [0.15, 0.2) is 0 Å². The quantitative estimate of drug-likeness (QED) is 0.812. The van der Waals surface area contributed by atoms with Crippen molar-refractivity contribution in [3.05, 3.63) is 48.0 Å². The molecule has 5 heteroatoms. The average Bonchev–Trinajstić information content (AvgIpc) is 2.42. The first-order valence-corrected chi connectivity index (χ1v) is 5.97. The molecule has 0 aliphatic rings. The van der Waals surface area contributed by atoms with Crippen molar-refractivity contribution in [3.63, 3.8) is 0 Å². The van der Waals surface area contributed by atoms with Crippen molar-refractivity contribution in [2.45, 2.75) is 6.42 Å². The van der Waals surface area contributed by atoms with Gasteiger partial charge in [-0.25, -0.2) is 4.39 Å². The van der Waals surface area contributed by atoms with Crippen molar-refractivity contribution in [2.75, 3.05) is 24.7 Å². The van der Waals surface area contributed by atoms with E-state index >= 15 is 0 Å². The van der Waals surface area contributed by atoms with Gasteiger partial charge in [0.1, 0.15) is 11.6 Å². The van der Waals surface area contributed by atoms with Crippen LogP contribution in [0.3, 0.4) is 0 Å². The second-order valence-corrected chi connectivity index (χ2v) is 4.07. The molecule has 100 valence electrons. The monoisotopic (exact) mass is 261 g/mol. The number of rotatable bonds is 5. The fourth-order valence-corrected chi connectivity index (χ4v) is 1.75. The summed E-state index contributed by atoms with van der Waals surface area (Å²) in [5.41, 5.74) is 7.24. The third kappa shape index (κ3) is 3.34. The van der Waals surface area contributed by atoms with Gasteiger partial charge >= 0.3 is 0 Å². The minimum absolute atomic E-state index is 0.287. The Labute approximate surface area is 111 Å². The van der Waals surface area contributed by atoms with E-state index in [1.807, 2.05) is 18.2 Å². The number of nitrogen functional groups attached to an aromatic ring is 1. The van der Waals surface area contributed by atoms with E-state index in [1.165, 1.54) is 13.2 Å². The second kappa shape index (κ2) is 6.04. The molecule has 1 heterocycles. The summed E-state index contributed by atoms with van der Waals surface area (Å²) in [6, 6.07) is 8.53. The molecule has 0 saturated heterocycles. The number of methoxy groups -OCH3 is 1. The molecule has 0 amide bonds. The minimum Gasteiger partial charge on any atom is -0.495 e. The Morgan fingerprint density at radius 3 is 2.89 bits per heavy atom.